The number of benzene rings is 2. The third-order valence-corrected chi connectivity index (χ3v) is 4.10. The predicted octanol–water partition coefficient (Wildman–Crippen LogP) is 1.63. The van der Waals surface area contributed by atoms with Gasteiger partial charge in [-0.3, -0.25) is 0 Å². The van der Waals surface area contributed by atoms with Crippen LogP contribution in [0.1, 0.15) is 0 Å². The second-order valence-corrected chi connectivity index (χ2v) is 5.86. The van der Waals surface area contributed by atoms with E-state index in [-0.39, 0.29) is 18.0 Å². The maximum Gasteiger partial charge on any atom is 0.240 e. The van der Waals surface area contributed by atoms with Crippen LogP contribution in [0.4, 0.5) is 5.69 Å². The molecule has 2 aromatic rings. The molecule has 0 amide bonds. The van der Waals surface area contributed by atoms with Gasteiger partial charge in [0.1, 0.15) is 12.4 Å². The van der Waals surface area contributed by atoms with Crippen molar-refractivity contribution >= 4 is 15.7 Å². The molecule has 0 atom stereocenters. The summed E-state index contributed by atoms with van der Waals surface area (Å²) < 4.78 is 31.7. The smallest absolute Gasteiger partial charge is 0.240 e. The molecular formula is C14H16N2O3S. The summed E-state index contributed by atoms with van der Waals surface area (Å²) in [6.45, 7) is 0.381. The largest absolute Gasteiger partial charge is 0.490 e. The van der Waals surface area contributed by atoms with Crippen LogP contribution in [-0.2, 0) is 10.0 Å². The molecular weight excluding hydrogens is 276 g/mol. The van der Waals surface area contributed by atoms with Gasteiger partial charge in [-0.1, -0.05) is 30.3 Å². The number of nitrogen functional groups attached to an aromatic ring is 1. The van der Waals surface area contributed by atoms with Gasteiger partial charge in [0.2, 0.25) is 10.0 Å². The molecule has 6 heteroatoms. The summed E-state index contributed by atoms with van der Waals surface area (Å²) in [7, 11) is -3.49. The fraction of sp³-hybridized carbons (Fsp3) is 0.143. The Morgan fingerprint density at radius 2 is 1.65 bits per heavy atom. The predicted molar refractivity (Wildman–Crippen MR) is 78.0 cm³/mol. The third kappa shape index (κ3) is 3.72. The monoisotopic (exact) mass is 292 g/mol. The van der Waals surface area contributed by atoms with Gasteiger partial charge in [-0.2, -0.15) is 0 Å². The molecule has 0 aromatic heterocycles. The van der Waals surface area contributed by atoms with E-state index in [2.05, 4.69) is 4.72 Å². The molecule has 0 saturated heterocycles. The van der Waals surface area contributed by atoms with Crippen molar-refractivity contribution in [2.75, 3.05) is 18.9 Å². The Morgan fingerprint density at radius 3 is 2.35 bits per heavy atom. The number of nitrogens with one attached hydrogen (secondary N) is 1. The van der Waals surface area contributed by atoms with E-state index in [0.29, 0.717) is 11.4 Å². The number of rotatable bonds is 6. The molecule has 0 fully saturated rings. The van der Waals surface area contributed by atoms with E-state index in [0.717, 1.165) is 0 Å². The lowest BCUT2D eigenvalue weighted by Crippen LogP contribution is -2.28. The van der Waals surface area contributed by atoms with Crippen LogP contribution in [0.3, 0.4) is 0 Å². The van der Waals surface area contributed by atoms with Gasteiger partial charge in [0, 0.05) is 6.54 Å². The lowest BCUT2D eigenvalue weighted by molar-refractivity contribution is 0.324. The molecule has 3 N–H and O–H groups in total. The van der Waals surface area contributed by atoms with Crippen LogP contribution < -0.4 is 15.2 Å². The molecule has 0 unspecified atom stereocenters. The first-order chi connectivity index (χ1) is 9.59. The summed E-state index contributed by atoms with van der Waals surface area (Å²) in [4.78, 5) is 0.235. The molecule has 0 spiro atoms. The van der Waals surface area contributed by atoms with E-state index in [1.807, 2.05) is 0 Å². The Labute approximate surface area is 118 Å². The average Bonchev–Trinajstić information content (AvgIpc) is 2.46. The van der Waals surface area contributed by atoms with Crippen molar-refractivity contribution < 1.29 is 13.2 Å². The van der Waals surface area contributed by atoms with Crippen LogP contribution >= 0.6 is 0 Å². The summed E-state index contributed by atoms with van der Waals surface area (Å²) in [5.74, 6) is 0.548. The topological polar surface area (TPSA) is 81.4 Å². The van der Waals surface area contributed by atoms with E-state index in [1.54, 1.807) is 54.6 Å². The Hall–Kier alpha value is -2.05. The van der Waals surface area contributed by atoms with Crippen molar-refractivity contribution in [1.29, 1.82) is 0 Å². The Balaban J connectivity index is 1.86. The minimum absolute atomic E-state index is 0.172. The highest BCUT2D eigenvalue weighted by molar-refractivity contribution is 7.89. The first-order valence-corrected chi connectivity index (χ1v) is 7.60. The maximum atomic E-state index is 11.9. The number of hydrogen-bond donors (Lipinski definition) is 2. The summed E-state index contributed by atoms with van der Waals surface area (Å²) in [5.41, 5.74) is 6.24. The molecule has 106 valence electrons. The zero-order valence-electron chi connectivity index (χ0n) is 10.8. The van der Waals surface area contributed by atoms with Crippen molar-refractivity contribution in [1.82, 2.24) is 4.72 Å². The van der Waals surface area contributed by atoms with Gasteiger partial charge in [0.05, 0.1) is 10.6 Å². The number of ether oxygens (including phenoxy) is 1. The van der Waals surface area contributed by atoms with Crippen molar-refractivity contribution in [3.8, 4) is 5.75 Å². The first-order valence-electron chi connectivity index (χ1n) is 6.11. The third-order valence-electron chi connectivity index (χ3n) is 2.62. The molecule has 5 nitrogen and oxygen atoms in total. The molecule has 0 heterocycles. The first kappa shape index (κ1) is 14.4. The molecule has 0 aliphatic rings. The van der Waals surface area contributed by atoms with E-state index >= 15 is 0 Å². The Morgan fingerprint density at radius 1 is 1.00 bits per heavy atom. The van der Waals surface area contributed by atoms with Crippen LogP contribution in [0.5, 0.6) is 5.75 Å². The van der Waals surface area contributed by atoms with Gasteiger partial charge in [-0.25, -0.2) is 13.1 Å². The van der Waals surface area contributed by atoms with Gasteiger partial charge in [-0.05, 0) is 24.3 Å². The highest BCUT2D eigenvalue weighted by atomic mass is 32.2. The second kappa shape index (κ2) is 6.40. The number of hydrogen-bond acceptors (Lipinski definition) is 4. The quantitative estimate of drug-likeness (QED) is 0.626. The molecule has 0 aliphatic carbocycles. The fourth-order valence-corrected chi connectivity index (χ4v) is 2.67. The van der Waals surface area contributed by atoms with E-state index in [9.17, 15) is 8.42 Å². The van der Waals surface area contributed by atoms with E-state index in [4.69, 9.17) is 10.5 Å². The second-order valence-electron chi connectivity index (χ2n) is 4.10. The molecule has 20 heavy (non-hydrogen) atoms. The van der Waals surface area contributed by atoms with Crippen molar-refractivity contribution in [3.63, 3.8) is 0 Å². The summed E-state index contributed by atoms with van der Waals surface area (Å²) in [6.07, 6.45) is 0. The normalized spacial score (nSPS) is 11.2. The molecule has 2 rings (SSSR count). The molecule has 0 saturated carbocycles. The maximum absolute atomic E-state index is 11.9. The van der Waals surface area contributed by atoms with E-state index < -0.39 is 10.0 Å². The molecule has 0 aliphatic heterocycles. The van der Waals surface area contributed by atoms with Gasteiger partial charge in [-0.15, -0.1) is 0 Å². The SMILES string of the molecule is Nc1ccccc1OCCNS(=O)(=O)c1ccccc1. The van der Waals surface area contributed by atoms with Crippen LogP contribution in [0.2, 0.25) is 0 Å². The minimum Gasteiger partial charge on any atom is -0.490 e. The van der Waals surface area contributed by atoms with Gasteiger partial charge in [0.15, 0.2) is 0 Å². The van der Waals surface area contributed by atoms with Crippen LogP contribution in [0, 0.1) is 0 Å². The zero-order chi connectivity index (χ0) is 14.4. The van der Waals surface area contributed by atoms with Crippen molar-refractivity contribution in [2.24, 2.45) is 0 Å². The summed E-state index contributed by atoms with van der Waals surface area (Å²) in [5, 5.41) is 0. The fourth-order valence-electron chi connectivity index (χ4n) is 1.63. The van der Waals surface area contributed by atoms with Crippen LogP contribution in [0.15, 0.2) is 59.5 Å². The standard InChI is InChI=1S/C14H16N2O3S/c15-13-8-4-5-9-14(13)19-11-10-16-20(17,18)12-6-2-1-3-7-12/h1-9,16H,10-11,15H2. The minimum atomic E-state index is -3.49. The van der Waals surface area contributed by atoms with E-state index in [1.165, 1.54) is 0 Å². The lowest BCUT2D eigenvalue weighted by atomic mass is 10.3. The Bertz CT molecular complexity index is 657. The number of nitrogens with two attached hydrogens (primary N) is 1. The highest BCUT2D eigenvalue weighted by Crippen LogP contribution is 2.19. The highest BCUT2D eigenvalue weighted by Gasteiger charge is 2.12. The van der Waals surface area contributed by atoms with Gasteiger partial charge >= 0.3 is 0 Å². The summed E-state index contributed by atoms with van der Waals surface area (Å²) in [6, 6.07) is 15.3. The van der Waals surface area contributed by atoms with Crippen molar-refractivity contribution in [3.05, 3.63) is 54.6 Å². The molecule has 0 bridgehead atoms. The van der Waals surface area contributed by atoms with Crippen LogP contribution in [0.25, 0.3) is 0 Å². The zero-order valence-corrected chi connectivity index (χ0v) is 11.6. The van der Waals surface area contributed by atoms with Gasteiger partial charge < -0.3 is 10.5 Å². The molecule has 0 radical (unpaired) electrons. The number of anilines is 1. The Kier molecular flexibility index (Phi) is 4.60. The average molecular weight is 292 g/mol. The number of sulfonamides is 1. The summed E-state index contributed by atoms with van der Waals surface area (Å²) >= 11 is 0. The van der Waals surface area contributed by atoms with Crippen LogP contribution in [-0.4, -0.2) is 21.6 Å². The molecule has 2 aromatic carbocycles. The van der Waals surface area contributed by atoms with Gasteiger partial charge in [0.25, 0.3) is 0 Å². The lowest BCUT2D eigenvalue weighted by Gasteiger charge is -2.09. The van der Waals surface area contributed by atoms with Crippen molar-refractivity contribution in [2.45, 2.75) is 4.90 Å². The number of para-hydroxylation sites is 2.